The van der Waals surface area contributed by atoms with Crippen LogP contribution >= 0.6 is 0 Å². The summed E-state index contributed by atoms with van der Waals surface area (Å²) in [6, 6.07) is 5.92. The average molecular weight is 296 g/mol. The number of nitrogens with one attached hydrogen (secondary N) is 1. The van der Waals surface area contributed by atoms with Gasteiger partial charge in [0.2, 0.25) is 5.43 Å². The second-order valence-corrected chi connectivity index (χ2v) is 5.36. The van der Waals surface area contributed by atoms with Crippen molar-refractivity contribution in [3.63, 3.8) is 0 Å². The lowest BCUT2D eigenvalue weighted by Gasteiger charge is -2.15. The van der Waals surface area contributed by atoms with E-state index in [1.54, 1.807) is 4.57 Å². The molecule has 6 nitrogen and oxygen atoms in total. The zero-order valence-corrected chi connectivity index (χ0v) is 11.9. The summed E-state index contributed by atoms with van der Waals surface area (Å²) in [6.07, 6.45) is 5.39. The number of aromatic nitrogens is 1. The number of rotatable bonds is 3. The minimum atomic E-state index is -0.831. The number of primary amides is 1. The van der Waals surface area contributed by atoms with Gasteiger partial charge in [-0.3, -0.25) is 9.59 Å². The van der Waals surface area contributed by atoms with Crippen LogP contribution in [-0.2, 0) is 12.8 Å². The Bertz CT molecular complexity index is 852. The Balaban J connectivity index is 2.26. The Kier molecular flexibility index (Phi) is 3.29. The van der Waals surface area contributed by atoms with Gasteiger partial charge in [0, 0.05) is 18.1 Å². The van der Waals surface area contributed by atoms with Gasteiger partial charge in [-0.2, -0.15) is 0 Å². The van der Waals surface area contributed by atoms with Gasteiger partial charge in [0.1, 0.15) is 11.4 Å². The average Bonchev–Trinajstić information content (AvgIpc) is 2.95. The van der Waals surface area contributed by atoms with Crippen molar-refractivity contribution in [2.24, 2.45) is 5.73 Å². The smallest absolute Gasteiger partial charge is 0.254 e. The zero-order valence-electron chi connectivity index (χ0n) is 11.9. The molecule has 1 heterocycles. The Hall–Kier alpha value is -2.89. The van der Waals surface area contributed by atoms with E-state index in [1.165, 1.54) is 17.3 Å². The molecule has 0 unspecified atom stereocenters. The van der Waals surface area contributed by atoms with Crippen LogP contribution in [0, 0.1) is 5.41 Å². The highest BCUT2D eigenvalue weighted by Crippen LogP contribution is 2.25. The van der Waals surface area contributed by atoms with Crippen LogP contribution in [0.3, 0.4) is 0 Å². The quantitative estimate of drug-likeness (QED) is 0.734. The third kappa shape index (κ3) is 2.09. The van der Waals surface area contributed by atoms with E-state index in [2.05, 4.69) is 0 Å². The van der Waals surface area contributed by atoms with Gasteiger partial charge < -0.3 is 21.4 Å². The number of nitrogens with two attached hydrogens (primary N) is 2. The molecule has 1 aliphatic rings. The number of hydrogen-bond acceptors (Lipinski definition) is 4. The van der Waals surface area contributed by atoms with Crippen molar-refractivity contribution in [2.45, 2.75) is 19.3 Å². The number of nitrogens with zero attached hydrogens (tertiary/aromatic N) is 1. The summed E-state index contributed by atoms with van der Waals surface area (Å²) in [7, 11) is 0. The van der Waals surface area contributed by atoms with Crippen LogP contribution in [-0.4, -0.2) is 16.7 Å². The number of amides is 1. The molecule has 1 aliphatic carbocycles. The van der Waals surface area contributed by atoms with Gasteiger partial charge in [-0.15, -0.1) is 0 Å². The fourth-order valence-electron chi connectivity index (χ4n) is 2.89. The third-order valence-corrected chi connectivity index (χ3v) is 4.05. The van der Waals surface area contributed by atoms with Crippen LogP contribution < -0.4 is 16.9 Å². The summed E-state index contributed by atoms with van der Waals surface area (Å²) < 4.78 is 1.54. The van der Waals surface area contributed by atoms with Gasteiger partial charge in [-0.05, 0) is 42.5 Å². The number of nitrogen functional groups attached to an aromatic ring is 1. The maximum Gasteiger partial charge on any atom is 0.254 e. The number of anilines is 1. The molecule has 1 aromatic heterocycles. The van der Waals surface area contributed by atoms with Gasteiger partial charge in [0.15, 0.2) is 0 Å². The summed E-state index contributed by atoms with van der Waals surface area (Å²) in [6.45, 7) is 0. The molecule has 0 bridgehead atoms. The molecule has 6 heteroatoms. The van der Waals surface area contributed by atoms with Gasteiger partial charge in [0.25, 0.3) is 5.91 Å². The molecule has 0 saturated carbocycles. The van der Waals surface area contributed by atoms with E-state index in [0.29, 0.717) is 0 Å². The first-order valence-electron chi connectivity index (χ1n) is 7.00. The topological polar surface area (TPSA) is 115 Å². The number of carbonyl (C=O) groups is 1. The van der Waals surface area contributed by atoms with Gasteiger partial charge in [-0.1, -0.05) is 6.07 Å². The molecule has 0 spiro atoms. The Morgan fingerprint density at radius 1 is 1.27 bits per heavy atom. The van der Waals surface area contributed by atoms with Crippen molar-refractivity contribution >= 4 is 17.9 Å². The molecule has 2 aromatic rings. The monoisotopic (exact) mass is 296 g/mol. The second-order valence-electron chi connectivity index (χ2n) is 5.36. The molecule has 0 aliphatic heterocycles. The van der Waals surface area contributed by atoms with Crippen molar-refractivity contribution in [3.05, 3.63) is 56.9 Å². The number of hydrogen-bond donors (Lipinski definition) is 3. The van der Waals surface area contributed by atoms with E-state index in [0.717, 1.165) is 31.2 Å². The van der Waals surface area contributed by atoms with Crippen molar-refractivity contribution in [2.75, 3.05) is 5.73 Å². The molecule has 0 radical (unpaired) electrons. The fourth-order valence-corrected chi connectivity index (χ4v) is 2.89. The van der Waals surface area contributed by atoms with E-state index in [4.69, 9.17) is 16.9 Å². The number of carbonyl (C=O) groups excluding carboxylic acids is 1. The minimum Gasteiger partial charge on any atom is -0.384 e. The molecule has 112 valence electrons. The molecule has 5 N–H and O–H groups in total. The maximum absolute atomic E-state index is 12.1. The second kappa shape index (κ2) is 5.14. The SMILES string of the molecule is N=Cc1c(N)n(-c2ccc3c(c2)CCC3)cc(C(N)=O)c1=O. The van der Waals surface area contributed by atoms with Crippen LogP contribution in [0.15, 0.2) is 29.2 Å². The first-order valence-corrected chi connectivity index (χ1v) is 7.00. The van der Waals surface area contributed by atoms with E-state index in [9.17, 15) is 9.59 Å². The summed E-state index contributed by atoms with van der Waals surface area (Å²) in [4.78, 5) is 23.6. The van der Waals surface area contributed by atoms with Gasteiger partial charge in [-0.25, -0.2) is 0 Å². The third-order valence-electron chi connectivity index (χ3n) is 4.05. The fraction of sp³-hybridized carbons (Fsp3) is 0.188. The largest absolute Gasteiger partial charge is 0.384 e. The summed E-state index contributed by atoms with van der Waals surface area (Å²) in [5.74, 6) is -0.703. The van der Waals surface area contributed by atoms with Crippen molar-refractivity contribution in [1.29, 1.82) is 5.41 Å². The van der Waals surface area contributed by atoms with Crippen LogP contribution in [0.5, 0.6) is 0 Å². The van der Waals surface area contributed by atoms with Crippen molar-refractivity contribution in [1.82, 2.24) is 4.57 Å². The molecular weight excluding hydrogens is 280 g/mol. The highest BCUT2D eigenvalue weighted by atomic mass is 16.2. The van der Waals surface area contributed by atoms with E-state index in [1.807, 2.05) is 18.2 Å². The van der Waals surface area contributed by atoms with Crippen LogP contribution in [0.1, 0.15) is 33.5 Å². The van der Waals surface area contributed by atoms with E-state index >= 15 is 0 Å². The molecule has 0 fully saturated rings. The van der Waals surface area contributed by atoms with Crippen LogP contribution in [0.2, 0.25) is 0 Å². The lowest BCUT2D eigenvalue weighted by molar-refractivity contribution is 0.0999. The molecule has 0 saturated heterocycles. The number of benzene rings is 1. The standard InChI is InChI=1S/C16H16N4O2/c17-7-12-14(21)13(16(19)22)8-20(15(12)18)11-5-4-9-2-1-3-10(9)6-11/h4-8,17H,1-3,18H2,(H2,19,22). The van der Waals surface area contributed by atoms with Gasteiger partial charge >= 0.3 is 0 Å². The van der Waals surface area contributed by atoms with E-state index < -0.39 is 11.3 Å². The summed E-state index contributed by atoms with van der Waals surface area (Å²) in [5, 5.41) is 7.37. The van der Waals surface area contributed by atoms with Crippen molar-refractivity contribution in [3.8, 4) is 5.69 Å². The molecule has 1 aromatic carbocycles. The van der Waals surface area contributed by atoms with Crippen LogP contribution in [0.25, 0.3) is 5.69 Å². The molecule has 1 amide bonds. The summed E-state index contributed by atoms with van der Waals surface area (Å²) in [5.41, 5.74) is 13.7. The lowest BCUT2D eigenvalue weighted by atomic mass is 10.1. The van der Waals surface area contributed by atoms with Crippen molar-refractivity contribution < 1.29 is 4.79 Å². The van der Waals surface area contributed by atoms with Gasteiger partial charge in [0.05, 0.1) is 5.56 Å². The number of fused-ring (bicyclic) bond motifs is 1. The first kappa shape index (κ1) is 14.1. The normalized spacial score (nSPS) is 12.9. The molecule has 22 heavy (non-hydrogen) atoms. The summed E-state index contributed by atoms with van der Waals surface area (Å²) >= 11 is 0. The molecule has 0 atom stereocenters. The Labute approximate surface area is 126 Å². The zero-order chi connectivity index (χ0) is 15.9. The number of pyridine rings is 1. The minimum absolute atomic E-state index is 0.0307. The first-order chi connectivity index (χ1) is 10.5. The highest BCUT2D eigenvalue weighted by Gasteiger charge is 2.18. The number of aryl methyl sites for hydroxylation is 2. The Morgan fingerprint density at radius 3 is 2.68 bits per heavy atom. The highest BCUT2D eigenvalue weighted by molar-refractivity contribution is 5.96. The lowest BCUT2D eigenvalue weighted by Crippen LogP contribution is -2.28. The Morgan fingerprint density at radius 2 is 2.00 bits per heavy atom. The molecule has 3 rings (SSSR count). The van der Waals surface area contributed by atoms with E-state index in [-0.39, 0.29) is 16.9 Å². The predicted molar refractivity (Wildman–Crippen MR) is 84.9 cm³/mol. The van der Waals surface area contributed by atoms with Crippen LogP contribution in [0.4, 0.5) is 5.82 Å². The molecular formula is C16H16N4O2. The maximum atomic E-state index is 12.1. The predicted octanol–water partition coefficient (Wildman–Crippen LogP) is 1.00.